The zero-order valence-corrected chi connectivity index (χ0v) is 11.3. The molecule has 0 saturated heterocycles. The molecule has 0 aromatic carbocycles. The number of nitrogens with zero attached hydrogens (tertiary/aromatic N) is 1. The first-order chi connectivity index (χ1) is 8.81. The highest BCUT2D eigenvalue weighted by molar-refractivity contribution is 5.93. The van der Waals surface area contributed by atoms with Crippen LogP contribution in [0.4, 0.5) is 4.79 Å². The number of hydrogen-bond donors (Lipinski definition) is 2. The summed E-state index contributed by atoms with van der Waals surface area (Å²) in [7, 11) is 1.45. The summed E-state index contributed by atoms with van der Waals surface area (Å²) in [6.07, 6.45) is -0.747. The molecular weight excluding hydrogens is 250 g/mol. The number of nitrogens with one attached hydrogen (secondary N) is 2. The molecule has 1 rings (SSSR count). The summed E-state index contributed by atoms with van der Waals surface area (Å²) in [5.74, 6) is -0.255. The summed E-state index contributed by atoms with van der Waals surface area (Å²) >= 11 is 0. The molecule has 2 N–H and O–H groups in total. The van der Waals surface area contributed by atoms with Crippen molar-refractivity contribution in [3.05, 3.63) is 23.9 Å². The van der Waals surface area contributed by atoms with E-state index in [1.807, 2.05) is 0 Å². The average molecular weight is 267 g/mol. The molecular formula is C12H17N3O4. The minimum atomic E-state index is -0.747. The first-order valence-corrected chi connectivity index (χ1v) is 5.62. The molecule has 0 spiro atoms. The van der Waals surface area contributed by atoms with Gasteiger partial charge in [0.15, 0.2) is 0 Å². The number of hydrazine groups is 1. The number of carbonyl (C=O) groups excluding carboxylic acids is 2. The normalized spacial score (nSPS) is 10.5. The lowest BCUT2D eigenvalue weighted by Crippen LogP contribution is -2.44. The van der Waals surface area contributed by atoms with Crippen molar-refractivity contribution in [1.82, 2.24) is 15.8 Å². The topological polar surface area (TPSA) is 89.6 Å². The number of ether oxygens (including phenoxy) is 2. The Morgan fingerprint density at radius 2 is 1.89 bits per heavy atom. The van der Waals surface area contributed by atoms with Gasteiger partial charge in [-0.1, -0.05) is 6.07 Å². The summed E-state index contributed by atoms with van der Waals surface area (Å²) in [5.41, 5.74) is 3.81. The van der Waals surface area contributed by atoms with Crippen LogP contribution in [0.5, 0.6) is 5.88 Å². The van der Waals surface area contributed by atoms with Gasteiger partial charge >= 0.3 is 6.09 Å². The lowest BCUT2D eigenvalue weighted by Gasteiger charge is -2.19. The van der Waals surface area contributed by atoms with E-state index in [4.69, 9.17) is 9.47 Å². The van der Waals surface area contributed by atoms with Crippen molar-refractivity contribution in [2.75, 3.05) is 7.11 Å². The van der Waals surface area contributed by atoms with Crippen LogP contribution in [-0.2, 0) is 4.74 Å². The quantitative estimate of drug-likeness (QED) is 0.787. The zero-order chi connectivity index (χ0) is 14.5. The second-order valence-corrected chi connectivity index (χ2v) is 4.65. The van der Waals surface area contributed by atoms with Crippen molar-refractivity contribution in [3.63, 3.8) is 0 Å². The SMILES string of the molecule is COc1cccc(C(=O)NNC(=O)OC(C)(C)C)n1. The molecule has 1 aromatic heterocycles. The Hall–Kier alpha value is -2.31. The van der Waals surface area contributed by atoms with Gasteiger partial charge in [-0.2, -0.15) is 0 Å². The molecule has 0 atom stereocenters. The third-order valence-corrected chi connectivity index (χ3v) is 1.84. The monoisotopic (exact) mass is 267 g/mol. The van der Waals surface area contributed by atoms with Crippen LogP contribution in [0, 0.1) is 0 Å². The molecule has 1 heterocycles. The number of carbonyl (C=O) groups is 2. The van der Waals surface area contributed by atoms with Gasteiger partial charge in [0.05, 0.1) is 7.11 Å². The van der Waals surface area contributed by atoms with E-state index >= 15 is 0 Å². The van der Waals surface area contributed by atoms with E-state index in [9.17, 15) is 9.59 Å². The van der Waals surface area contributed by atoms with E-state index < -0.39 is 17.6 Å². The number of amides is 2. The standard InChI is InChI=1S/C12H17N3O4/c1-12(2,3)19-11(17)15-14-10(16)8-6-5-7-9(13-8)18-4/h5-7H,1-4H3,(H,14,16)(H,15,17). The number of rotatable bonds is 2. The number of pyridine rings is 1. The first-order valence-electron chi connectivity index (χ1n) is 5.62. The van der Waals surface area contributed by atoms with Crippen molar-refractivity contribution in [2.24, 2.45) is 0 Å². The maximum Gasteiger partial charge on any atom is 0.426 e. The maximum atomic E-state index is 11.7. The van der Waals surface area contributed by atoms with Crippen LogP contribution < -0.4 is 15.6 Å². The van der Waals surface area contributed by atoms with E-state index in [-0.39, 0.29) is 5.69 Å². The maximum absolute atomic E-state index is 11.7. The Bertz CT molecular complexity index is 468. The van der Waals surface area contributed by atoms with Gasteiger partial charge in [0, 0.05) is 6.07 Å². The highest BCUT2D eigenvalue weighted by Crippen LogP contribution is 2.07. The average Bonchev–Trinajstić information content (AvgIpc) is 2.34. The number of methoxy groups -OCH3 is 1. The van der Waals surface area contributed by atoms with E-state index in [1.165, 1.54) is 13.2 Å². The largest absolute Gasteiger partial charge is 0.481 e. The van der Waals surface area contributed by atoms with E-state index in [2.05, 4.69) is 15.8 Å². The fourth-order valence-corrected chi connectivity index (χ4v) is 1.13. The smallest absolute Gasteiger partial charge is 0.426 e. The Morgan fingerprint density at radius 1 is 1.21 bits per heavy atom. The zero-order valence-electron chi connectivity index (χ0n) is 11.3. The van der Waals surface area contributed by atoms with Crippen LogP contribution in [-0.4, -0.2) is 29.7 Å². The lowest BCUT2D eigenvalue weighted by molar-refractivity contribution is 0.0483. The Kier molecular flexibility index (Phi) is 4.68. The molecule has 2 amide bonds. The van der Waals surface area contributed by atoms with Crippen molar-refractivity contribution in [3.8, 4) is 5.88 Å². The van der Waals surface area contributed by atoms with Crippen LogP contribution in [0.3, 0.4) is 0 Å². The molecule has 0 aliphatic carbocycles. The molecule has 104 valence electrons. The second-order valence-electron chi connectivity index (χ2n) is 4.65. The van der Waals surface area contributed by atoms with E-state index in [1.54, 1.807) is 32.9 Å². The second kappa shape index (κ2) is 6.03. The van der Waals surface area contributed by atoms with Crippen molar-refractivity contribution in [2.45, 2.75) is 26.4 Å². The fourth-order valence-electron chi connectivity index (χ4n) is 1.13. The summed E-state index contributed by atoms with van der Waals surface area (Å²) in [4.78, 5) is 26.9. The third-order valence-electron chi connectivity index (χ3n) is 1.84. The van der Waals surface area contributed by atoms with Crippen LogP contribution in [0.25, 0.3) is 0 Å². The van der Waals surface area contributed by atoms with Crippen molar-refractivity contribution in [1.29, 1.82) is 0 Å². The molecule has 0 bridgehead atoms. The van der Waals surface area contributed by atoms with Crippen LogP contribution in [0.15, 0.2) is 18.2 Å². The van der Waals surface area contributed by atoms with Crippen LogP contribution in [0.2, 0.25) is 0 Å². The van der Waals surface area contributed by atoms with Gasteiger partial charge in [-0.3, -0.25) is 10.2 Å². The highest BCUT2D eigenvalue weighted by atomic mass is 16.6. The van der Waals surface area contributed by atoms with E-state index in [0.717, 1.165) is 0 Å². The fraction of sp³-hybridized carbons (Fsp3) is 0.417. The Labute approximate surface area is 111 Å². The van der Waals surface area contributed by atoms with E-state index in [0.29, 0.717) is 5.88 Å². The molecule has 7 heteroatoms. The minimum Gasteiger partial charge on any atom is -0.481 e. The van der Waals surface area contributed by atoms with Gasteiger partial charge in [-0.05, 0) is 26.8 Å². The molecule has 1 aromatic rings. The minimum absolute atomic E-state index is 0.121. The number of aromatic nitrogens is 1. The number of hydrogen-bond acceptors (Lipinski definition) is 5. The first kappa shape index (κ1) is 14.7. The Balaban J connectivity index is 2.53. The van der Waals surface area contributed by atoms with Gasteiger partial charge in [0.2, 0.25) is 5.88 Å². The summed E-state index contributed by atoms with van der Waals surface area (Å²) in [5, 5.41) is 0. The molecule has 0 unspecified atom stereocenters. The Morgan fingerprint density at radius 3 is 2.47 bits per heavy atom. The van der Waals surface area contributed by atoms with Gasteiger partial charge < -0.3 is 9.47 Å². The molecule has 0 saturated carbocycles. The van der Waals surface area contributed by atoms with Gasteiger partial charge in [-0.25, -0.2) is 15.2 Å². The molecule has 0 fully saturated rings. The molecule has 0 aliphatic heterocycles. The van der Waals surface area contributed by atoms with Gasteiger partial charge in [-0.15, -0.1) is 0 Å². The molecule has 0 aliphatic rings. The van der Waals surface area contributed by atoms with Gasteiger partial charge in [0.25, 0.3) is 5.91 Å². The van der Waals surface area contributed by atoms with Crippen molar-refractivity contribution < 1.29 is 19.1 Å². The lowest BCUT2D eigenvalue weighted by atomic mass is 10.2. The summed E-state index contributed by atoms with van der Waals surface area (Å²) < 4.78 is 9.85. The van der Waals surface area contributed by atoms with Crippen molar-refractivity contribution >= 4 is 12.0 Å². The van der Waals surface area contributed by atoms with Crippen LogP contribution in [0.1, 0.15) is 31.3 Å². The van der Waals surface area contributed by atoms with Gasteiger partial charge in [0.1, 0.15) is 11.3 Å². The highest BCUT2D eigenvalue weighted by Gasteiger charge is 2.17. The predicted octanol–water partition coefficient (Wildman–Crippen LogP) is 1.26. The molecule has 7 nitrogen and oxygen atoms in total. The van der Waals surface area contributed by atoms with Crippen LogP contribution >= 0.6 is 0 Å². The molecule has 0 radical (unpaired) electrons. The summed E-state index contributed by atoms with van der Waals surface area (Å²) in [6, 6.07) is 4.72. The summed E-state index contributed by atoms with van der Waals surface area (Å²) in [6.45, 7) is 5.16. The molecule has 19 heavy (non-hydrogen) atoms. The predicted molar refractivity (Wildman–Crippen MR) is 67.6 cm³/mol. The third kappa shape index (κ3) is 5.24.